The Kier molecular flexibility index (Phi) is 17.4. The summed E-state index contributed by atoms with van der Waals surface area (Å²) in [5.74, 6) is -8.14. The van der Waals surface area contributed by atoms with Crippen molar-refractivity contribution in [2.45, 2.75) is 69.3 Å². The van der Waals surface area contributed by atoms with Crippen molar-refractivity contribution < 1.29 is 64.8 Å². The van der Waals surface area contributed by atoms with Gasteiger partial charge in [-0.3, -0.25) is 9.59 Å². The second-order valence-electron chi connectivity index (χ2n) is 11.6. The molecule has 0 aliphatic heterocycles. The number of aromatic nitrogens is 1. The summed E-state index contributed by atoms with van der Waals surface area (Å²) in [5, 5.41) is 31.6. The van der Waals surface area contributed by atoms with Gasteiger partial charge < -0.3 is 35.8 Å². The number of carboxylic acid groups (broad SMARTS) is 2. The fourth-order valence-electron chi connectivity index (χ4n) is 5.01. The molecule has 1 fully saturated rings. The SMILES string of the molecule is O=C(CCNCCc1ccc(Cl)cc1)N(CCNCCc1ccc(O)c2[nH]c(=O)sc12)C1CCC(F)(F)CC1.O=C(O)C(F)(F)F.O=C(O)C(F)(F)F. The normalized spacial score (nSPS) is 14.4. The lowest BCUT2D eigenvalue weighted by Gasteiger charge is -2.37. The summed E-state index contributed by atoms with van der Waals surface area (Å²) in [5.41, 5.74) is 2.56. The van der Waals surface area contributed by atoms with Crippen LogP contribution in [0.15, 0.2) is 41.2 Å². The van der Waals surface area contributed by atoms with Crippen LogP contribution in [0, 0.1) is 0 Å². The van der Waals surface area contributed by atoms with E-state index in [1.165, 1.54) is 0 Å². The Hall–Kier alpha value is -4.01. The molecule has 1 saturated carbocycles. The maximum Gasteiger partial charge on any atom is 0.490 e. The van der Waals surface area contributed by atoms with E-state index < -0.39 is 30.2 Å². The number of halogens is 9. The standard InChI is InChI=1S/C28H35ClF2N4O3S.2C2HF3O2/c29-21-4-1-19(2-5-21)9-14-32-16-11-24(37)35(22-7-12-28(30,31)13-8-22)18-17-33-15-10-20-3-6-23(36)25-26(20)39-27(38)34-25;2*3-2(4,5)1(6)7/h1-6,22,32-33,36H,7-18H2,(H,34,38);2*(H,6,7). The predicted octanol–water partition coefficient (Wildman–Crippen LogP) is 5.98. The molecule has 0 bridgehead atoms. The van der Waals surface area contributed by atoms with Crippen molar-refractivity contribution >= 4 is 51.0 Å². The zero-order chi connectivity index (χ0) is 40.0. The molecule has 4 rings (SSSR count). The summed E-state index contributed by atoms with van der Waals surface area (Å²) in [7, 11) is 0. The maximum atomic E-state index is 13.8. The topological polar surface area (TPSA) is 172 Å². The van der Waals surface area contributed by atoms with Gasteiger partial charge in [0.2, 0.25) is 11.8 Å². The number of nitrogens with one attached hydrogen (secondary N) is 3. The van der Waals surface area contributed by atoms with Gasteiger partial charge in [0.25, 0.3) is 0 Å². The molecule has 1 aliphatic carbocycles. The van der Waals surface area contributed by atoms with Gasteiger partial charge in [-0.25, -0.2) is 18.4 Å². The molecule has 2 aromatic carbocycles. The Labute approximate surface area is 305 Å². The number of hydrogen-bond donors (Lipinski definition) is 6. The Morgan fingerprint density at radius 3 is 1.94 bits per heavy atom. The van der Waals surface area contributed by atoms with Crippen molar-refractivity contribution in [1.29, 1.82) is 0 Å². The fraction of sp³-hybridized carbons (Fsp3) is 0.500. The molecular formula is C32H37ClF8N4O7S. The van der Waals surface area contributed by atoms with Crippen molar-refractivity contribution in [2.75, 3.05) is 32.7 Å². The first-order valence-electron chi connectivity index (χ1n) is 15.9. The van der Waals surface area contributed by atoms with Crippen molar-refractivity contribution in [3.63, 3.8) is 0 Å². The van der Waals surface area contributed by atoms with Crippen LogP contribution >= 0.6 is 22.9 Å². The lowest BCUT2D eigenvalue weighted by molar-refractivity contribution is -0.193. The Morgan fingerprint density at radius 2 is 1.40 bits per heavy atom. The molecular weight excluding hydrogens is 772 g/mol. The van der Waals surface area contributed by atoms with Crippen molar-refractivity contribution in [3.8, 4) is 5.75 Å². The summed E-state index contributed by atoms with van der Waals surface area (Å²) in [6.45, 7) is 2.85. The summed E-state index contributed by atoms with van der Waals surface area (Å²) >= 11 is 7.00. The smallest absolute Gasteiger partial charge is 0.490 e. The number of nitrogens with zero attached hydrogens (tertiary/aromatic N) is 1. The highest BCUT2D eigenvalue weighted by Gasteiger charge is 2.39. The molecule has 0 saturated heterocycles. The number of thiazole rings is 1. The number of carbonyl (C=O) groups is 3. The van der Waals surface area contributed by atoms with Crippen LogP contribution in [0.5, 0.6) is 5.75 Å². The monoisotopic (exact) mass is 808 g/mol. The number of aromatic hydroxyl groups is 1. The van der Waals surface area contributed by atoms with Crippen LogP contribution in [-0.4, -0.2) is 100 Å². The number of aliphatic carboxylic acids is 2. The van der Waals surface area contributed by atoms with Crippen LogP contribution in [-0.2, 0) is 27.2 Å². The average molecular weight is 809 g/mol. The van der Waals surface area contributed by atoms with Crippen molar-refractivity contribution in [1.82, 2.24) is 20.5 Å². The van der Waals surface area contributed by atoms with Gasteiger partial charge in [0.1, 0.15) is 11.3 Å². The molecule has 0 radical (unpaired) electrons. The third-order valence-corrected chi connectivity index (χ3v) is 8.90. The van der Waals surface area contributed by atoms with Gasteiger partial charge in [-0.15, -0.1) is 0 Å². The van der Waals surface area contributed by atoms with E-state index in [4.69, 9.17) is 31.4 Å². The maximum absolute atomic E-state index is 13.8. The van der Waals surface area contributed by atoms with Gasteiger partial charge in [0.05, 0.1) is 4.70 Å². The zero-order valence-electron chi connectivity index (χ0n) is 27.8. The molecule has 0 spiro atoms. The van der Waals surface area contributed by atoms with E-state index in [0.29, 0.717) is 62.4 Å². The molecule has 0 unspecified atom stereocenters. The molecule has 1 heterocycles. The van der Waals surface area contributed by atoms with Gasteiger partial charge >= 0.3 is 29.2 Å². The lowest BCUT2D eigenvalue weighted by Crippen LogP contribution is -2.47. The molecule has 0 atom stereocenters. The average Bonchev–Trinajstić information content (AvgIpc) is 3.47. The minimum atomic E-state index is -5.08. The van der Waals surface area contributed by atoms with E-state index in [0.717, 1.165) is 40.1 Å². The molecule has 53 heavy (non-hydrogen) atoms. The second kappa shape index (κ2) is 20.4. The van der Waals surface area contributed by atoms with Crippen LogP contribution in [0.4, 0.5) is 35.1 Å². The number of phenolic OH excluding ortho intramolecular Hbond substituents is 1. The molecule has 6 N–H and O–H groups in total. The van der Waals surface area contributed by atoms with Gasteiger partial charge in [-0.1, -0.05) is 41.1 Å². The van der Waals surface area contributed by atoms with E-state index in [1.807, 2.05) is 24.3 Å². The highest BCUT2D eigenvalue weighted by Crippen LogP contribution is 2.35. The molecule has 21 heteroatoms. The first kappa shape index (κ1) is 45.1. The third-order valence-electron chi connectivity index (χ3n) is 7.69. The van der Waals surface area contributed by atoms with Crippen LogP contribution in [0.1, 0.15) is 43.2 Å². The number of phenols is 1. The van der Waals surface area contributed by atoms with Gasteiger partial charge in [-0.05, 0) is 68.1 Å². The summed E-state index contributed by atoms with van der Waals surface area (Å²) < 4.78 is 91.8. The number of carbonyl (C=O) groups excluding carboxylic acids is 1. The number of hydrogen-bond acceptors (Lipinski definition) is 8. The number of fused-ring (bicyclic) bond motifs is 1. The fourth-order valence-corrected chi connectivity index (χ4v) is 6.04. The van der Waals surface area contributed by atoms with Gasteiger partial charge in [-0.2, -0.15) is 26.3 Å². The van der Waals surface area contributed by atoms with E-state index in [2.05, 4.69) is 15.6 Å². The number of benzene rings is 2. The van der Waals surface area contributed by atoms with Crippen LogP contribution in [0.3, 0.4) is 0 Å². The Morgan fingerprint density at radius 1 is 0.868 bits per heavy atom. The quantitative estimate of drug-likeness (QED) is 0.0899. The Bertz CT molecular complexity index is 1670. The summed E-state index contributed by atoms with van der Waals surface area (Å²) in [6, 6.07) is 10.9. The molecule has 296 valence electrons. The highest BCUT2D eigenvalue weighted by atomic mass is 35.5. The van der Waals surface area contributed by atoms with Gasteiger partial charge in [0.15, 0.2) is 0 Å². The third kappa shape index (κ3) is 16.3. The number of rotatable bonds is 13. The van der Waals surface area contributed by atoms with Crippen LogP contribution in [0.2, 0.25) is 5.02 Å². The van der Waals surface area contributed by atoms with E-state index in [1.54, 1.807) is 17.0 Å². The number of carboxylic acids is 2. The summed E-state index contributed by atoms with van der Waals surface area (Å²) in [6.07, 6.45) is -8.16. The minimum Gasteiger partial charge on any atom is -0.506 e. The highest BCUT2D eigenvalue weighted by molar-refractivity contribution is 7.16. The summed E-state index contributed by atoms with van der Waals surface area (Å²) in [4.78, 5) is 46.9. The van der Waals surface area contributed by atoms with E-state index in [9.17, 15) is 49.8 Å². The zero-order valence-corrected chi connectivity index (χ0v) is 29.3. The van der Waals surface area contributed by atoms with E-state index in [-0.39, 0.29) is 35.4 Å². The minimum absolute atomic E-state index is 0.0247. The molecule has 1 aliphatic rings. The molecule has 1 aromatic heterocycles. The Balaban J connectivity index is 0.000000587. The van der Waals surface area contributed by atoms with Crippen molar-refractivity contribution in [2.24, 2.45) is 0 Å². The van der Waals surface area contributed by atoms with Gasteiger partial charge in [0, 0.05) is 50.0 Å². The number of amides is 1. The molecule has 3 aromatic rings. The van der Waals surface area contributed by atoms with Crippen LogP contribution in [0.25, 0.3) is 10.2 Å². The molecule has 1 amide bonds. The van der Waals surface area contributed by atoms with E-state index >= 15 is 0 Å². The number of alkyl halides is 8. The first-order chi connectivity index (χ1) is 24.6. The lowest BCUT2D eigenvalue weighted by atomic mass is 9.91. The number of H-pyrrole nitrogens is 1. The molecule has 11 nitrogen and oxygen atoms in total. The van der Waals surface area contributed by atoms with Crippen LogP contribution < -0.4 is 15.5 Å². The van der Waals surface area contributed by atoms with Crippen molar-refractivity contribution in [3.05, 3.63) is 62.2 Å². The number of aromatic amines is 1. The largest absolute Gasteiger partial charge is 0.506 e. The predicted molar refractivity (Wildman–Crippen MR) is 180 cm³/mol. The second-order valence-corrected chi connectivity index (χ2v) is 13.0. The first-order valence-corrected chi connectivity index (χ1v) is 17.1.